The molecule has 55 heavy (non-hydrogen) atoms. The smallest absolute Gasteiger partial charge is 0.0468 e. The van der Waals surface area contributed by atoms with Crippen LogP contribution < -0.4 is 4.90 Å². The molecule has 0 unspecified atom stereocenters. The molecule has 0 saturated heterocycles. The van der Waals surface area contributed by atoms with Crippen molar-refractivity contribution in [1.82, 2.24) is 0 Å². The molecule has 0 aliphatic heterocycles. The van der Waals surface area contributed by atoms with E-state index in [0.29, 0.717) is 0 Å². The molecule has 1 aliphatic carbocycles. The molecule has 1 nitrogen and oxygen atoms in total. The highest BCUT2D eigenvalue weighted by Crippen LogP contribution is 2.51. The van der Waals surface area contributed by atoms with Crippen molar-refractivity contribution in [3.63, 3.8) is 0 Å². The predicted molar refractivity (Wildman–Crippen MR) is 237 cm³/mol. The number of nitrogens with zero attached hydrogens (tertiary/aromatic N) is 1. The second kappa shape index (κ2) is 12.3. The van der Waals surface area contributed by atoms with Gasteiger partial charge in [0.1, 0.15) is 0 Å². The lowest BCUT2D eigenvalue weighted by Crippen LogP contribution is -2.15. The van der Waals surface area contributed by atoms with Crippen LogP contribution in [-0.4, -0.2) is 0 Å². The zero-order valence-corrected chi connectivity index (χ0v) is 31.6. The molecule has 9 aromatic carbocycles. The molecule has 0 N–H and O–H groups in total. The van der Waals surface area contributed by atoms with Gasteiger partial charge in [-0.05, 0) is 127 Å². The maximum atomic E-state index is 2.41. The van der Waals surface area contributed by atoms with E-state index in [1.807, 2.05) is 11.3 Å². The third-order valence-corrected chi connectivity index (χ3v) is 13.0. The van der Waals surface area contributed by atoms with Crippen molar-refractivity contribution in [2.24, 2.45) is 0 Å². The third-order valence-electron chi connectivity index (χ3n) is 11.8. The summed E-state index contributed by atoms with van der Waals surface area (Å²) in [5, 5.41) is 7.76. The summed E-state index contributed by atoms with van der Waals surface area (Å²) in [6.45, 7) is 4.69. The molecule has 0 saturated carbocycles. The van der Waals surface area contributed by atoms with Gasteiger partial charge in [0.2, 0.25) is 0 Å². The van der Waals surface area contributed by atoms with Crippen LogP contribution in [0.4, 0.5) is 17.1 Å². The maximum Gasteiger partial charge on any atom is 0.0468 e. The highest BCUT2D eigenvalue weighted by molar-refractivity contribution is 7.25. The van der Waals surface area contributed by atoms with Gasteiger partial charge in [-0.3, -0.25) is 0 Å². The van der Waals surface area contributed by atoms with Crippen molar-refractivity contribution in [3.05, 3.63) is 199 Å². The van der Waals surface area contributed by atoms with Crippen molar-refractivity contribution in [3.8, 4) is 33.4 Å². The van der Waals surface area contributed by atoms with Gasteiger partial charge in [0, 0.05) is 42.6 Å². The van der Waals surface area contributed by atoms with E-state index in [0.717, 1.165) is 17.1 Å². The molecule has 11 rings (SSSR count). The predicted octanol–water partition coefficient (Wildman–Crippen LogP) is 15.5. The minimum absolute atomic E-state index is 0.0426. The summed E-state index contributed by atoms with van der Waals surface area (Å²) in [6, 6.07) is 69.7. The largest absolute Gasteiger partial charge is 0.310 e. The molecule has 2 heteroatoms. The van der Waals surface area contributed by atoms with Crippen LogP contribution in [-0.2, 0) is 5.41 Å². The Labute approximate surface area is 325 Å². The van der Waals surface area contributed by atoms with Gasteiger partial charge in [0.25, 0.3) is 0 Å². The number of fused-ring (bicyclic) bond motifs is 8. The summed E-state index contributed by atoms with van der Waals surface area (Å²) in [6.07, 6.45) is 0. The lowest BCUT2D eigenvalue weighted by Gasteiger charge is -2.27. The fourth-order valence-electron chi connectivity index (χ4n) is 9.01. The van der Waals surface area contributed by atoms with Crippen molar-refractivity contribution in [2.75, 3.05) is 4.90 Å². The van der Waals surface area contributed by atoms with Crippen LogP contribution in [0.25, 0.3) is 75.1 Å². The second-order valence-electron chi connectivity index (χ2n) is 15.4. The Kier molecular flexibility index (Phi) is 7.14. The van der Waals surface area contributed by atoms with Gasteiger partial charge in [-0.2, -0.15) is 0 Å². The molecule has 1 heterocycles. The Morgan fingerprint density at radius 1 is 0.364 bits per heavy atom. The number of anilines is 3. The molecule has 260 valence electrons. The summed E-state index contributed by atoms with van der Waals surface area (Å²) < 4.78 is 2.66. The maximum absolute atomic E-state index is 2.41. The third kappa shape index (κ3) is 5.13. The summed E-state index contributed by atoms with van der Waals surface area (Å²) in [5.41, 5.74) is 13.7. The van der Waals surface area contributed by atoms with Crippen LogP contribution in [0.3, 0.4) is 0 Å². The highest BCUT2D eigenvalue weighted by atomic mass is 32.1. The van der Waals surface area contributed by atoms with Crippen LogP contribution in [0, 0.1) is 0 Å². The summed E-state index contributed by atoms with van der Waals surface area (Å²) in [5.74, 6) is 0. The normalized spacial score (nSPS) is 13.1. The minimum atomic E-state index is -0.0426. The van der Waals surface area contributed by atoms with Gasteiger partial charge in [0.15, 0.2) is 0 Å². The Balaban J connectivity index is 1.02. The monoisotopic (exact) mass is 719 g/mol. The molecule has 0 fully saturated rings. The van der Waals surface area contributed by atoms with Crippen molar-refractivity contribution in [1.29, 1.82) is 0 Å². The first kappa shape index (κ1) is 32.0. The van der Waals surface area contributed by atoms with Crippen LogP contribution in [0.1, 0.15) is 25.0 Å². The van der Waals surface area contributed by atoms with Gasteiger partial charge < -0.3 is 4.90 Å². The Morgan fingerprint density at radius 2 is 0.945 bits per heavy atom. The Bertz CT molecular complexity index is 3110. The SMILES string of the molecule is CC1(C)c2ccccc2-c2cc(N(c3ccc(-c4ccc5sc6cc7ccccc7cc6c5c4)cc3)c3ccc(-c4cccc5ccccc45)cc3)ccc21. The van der Waals surface area contributed by atoms with E-state index < -0.39 is 0 Å². The Hall–Kier alpha value is -6.48. The zero-order chi connectivity index (χ0) is 36.7. The standard InChI is InChI=1S/C53H37NS/c1-53(2)49-17-8-7-15-45(49)46-33-42(27-28-50(46)53)54(41-25-20-36(21-26-41)44-16-9-13-35-10-5-6-14-43(35)44)40-23-18-34(19-24-40)39-22-29-51-47(31-39)48-30-37-11-3-4-12-38(37)32-52(48)55-51/h3-33H,1-2H3. The van der Waals surface area contributed by atoms with E-state index in [1.54, 1.807) is 0 Å². The average Bonchev–Trinajstić information content (AvgIpc) is 3.70. The van der Waals surface area contributed by atoms with Crippen LogP contribution >= 0.6 is 11.3 Å². The average molecular weight is 720 g/mol. The van der Waals surface area contributed by atoms with E-state index in [2.05, 4.69) is 207 Å². The summed E-state index contributed by atoms with van der Waals surface area (Å²) in [4.78, 5) is 2.41. The van der Waals surface area contributed by atoms with E-state index in [9.17, 15) is 0 Å². The second-order valence-corrected chi connectivity index (χ2v) is 16.4. The Morgan fingerprint density at radius 3 is 1.75 bits per heavy atom. The number of hydrogen-bond acceptors (Lipinski definition) is 2. The first-order chi connectivity index (χ1) is 27.0. The van der Waals surface area contributed by atoms with Gasteiger partial charge in [0.05, 0.1) is 0 Å². The molecule has 1 aliphatic rings. The highest BCUT2D eigenvalue weighted by Gasteiger charge is 2.35. The number of benzene rings is 9. The first-order valence-corrected chi connectivity index (χ1v) is 19.9. The fraction of sp³-hybridized carbons (Fsp3) is 0.0566. The molecule has 0 atom stereocenters. The van der Waals surface area contributed by atoms with Crippen molar-refractivity contribution in [2.45, 2.75) is 19.3 Å². The topological polar surface area (TPSA) is 3.24 Å². The van der Waals surface area contributed by atoms with Crippen LogP contribution in [0.5, 0.6) is 0 Å². The quantitative estimate of drug-likeness (QED) is 0.171. The molecular weight excluding hydrogens is 683 g/mol. The molecule has 10 aromatic rings. The van der Waals surface area contributed by atoms with Crippen LogP contribution in [0.2, 0.25) is 0 Å². The fourth-order valence-corrected chi connectivity index (χ4v) is 10.1. The molecule has 0 spiro atoms. The minimum Gasteiger partial charge on any atom is -0.310 e. The number of hydrogen-bond donors (Lipinski definition) is 0. The van der Waals surface area contributed by atoms with Gasteiger partial charge in [-0.15, -0.1) is 11.3 Å². The molecular formula is C53H37NS. The lowest BCUT2D eigenvalue weighted by atomic mass is 9.82. The van der Waals surface area contributed by atoms with Gasteiger partial charge in [-0.25, -0.2) is 0 Å². The molecule has 0 radical (unpaired) electrons. The summed E-state index contributed by atoms with van der Waals surface area (Å²) >= 11 is 1.88. The number of thiophene rings is 1. The number of rotatable bonds is 5. The zero-order valence-electron chi connectivity index (χ0n) is 30.8. The van der Waals surface area contributed by atoms with Gasteiger partial charge in [-0.1, -0.05) is 141 Å². The van der Waals surface area contributed by atoms with E-state index in [1.165, 1.54) is 86.2 Å². The molecule has 1 aromatic heterocycles. The molecule has 0 bridgehead atoms. The van der Waals surface area contributed by atoms with Crippen molar-refractivity contribution < 1.29 is 0 Å². The van der Waals surface area contributed by atoms with Crippen molar-refractivity contribution >= 4 is 70.1 Å². The van der Waals surface area contributed by atoms with Crippen LogP contribution in [0.15, 0.2) is 188 Å². The van der Waals surface area contributed by atoms with E-state index in [-0.39, 0.29) is 5.41 Å². The summed E-state index contributed by atoms with van der Waals surface area (Å²) in [7, 11) is 0. The molecule has 0 amide bonds. The lowest BCUT2D eigenvalue weighted by molar-refractivity contribution is 0.660. The van der Waals surface area contributed by atoms with E-state index >= 15 is 0 Å². The van der Waals surface area contributed by atoms with E-state index in [4.69, 9.17) is 0 Å². The first-order valence-electron chi connectivity index (χ1n) is 19.1. The van der Waals surface area contributed by atoms with Gasteiger partial charge >= 0.3 is 0 Å².